The molecule has 1 fully saturated rings. The molecule has 0 saturated carbocycles. The van der Waals surface area contributed by atoms with Crippen molar-refractivity contribution in [3.63, 3.8) is 0 Å². The average Bonchev–Trinajstić information content (AvgIpc) is 2.76. The van der Waals surface area contributed by atoms with Crippen molar-refractivity contribution in [1.29, 1.82) is 5.26 Å². The summed E-state index contributed by atoms with van der Waals surface area (Å²) >= 11 is 0. The first-order valence-corrected chi connectivity index (χ1v) is 11.2. The Morgan fingerprint density at radius 3 is 2.73 bits per heavy atom. The molecule has 1 N–H and O–H groups in total. The van der Waals surface area contributed by atoms with Crippen LogP contribution < -0.4 is 10.1 Å². The molecule has 6 nitrogen and oxygen atoms in total. The Hall–Kier alpha value is -2.55. The number of unbranched alkanes of at least 4 members (excludes halogenated alkanes) is 3. The summed E-state index contributed by atoms with van der Waals surface area (Å²) in [7, 11) is 0. The van der Waals surface area contributed by atoms with Crippen LogP contribution in [0.3, 0.4) is 0 Å². The first-order chi connectivity index (χ1) is 14.5. The third-order valence-corrected chi connectivity index (χ3v) is 5.54. The van der Waals surface area contributed by atoms with E-state index < -0.39 is 6.10 Å². The Kier molecular flexibility index (Phi) is 9.66. The summed E-state index contributed by atoms with van der Waals surface area (Å²) in [6.45, 7) is 7.78. The van der Waals surface area contributed by atoms with E-state index in [2.05, 4.69) is 18.3 Å². The smallest absolute Gasteiger partial charge is 0.263 e. The molecule has 2 unspecified atom stereocenters. The monoisotopic (exact) mass is 413 g/mol. The summed E-state index contributed by atoms with van der Waals surface area (Å²) in [4.78, 5) is 27.5. The highest BCUT2D eigenvalue weighted by Crippen LogP contribution is 2.24. The molecule has 1 aromatic carbocycles. The Balaban J connectivity index is 1.97. The van der Waals surface area contributed by atoms with Gasteiger partial charge in [-0.3, -0.25) is 9.59 Å². The van der Waals surface area contributed by atoms with Gasteiger partial charge in [-0.2, -0.15) is 5.26 Å². The summed E-state index contributed by atoms with van der Waals surface area (Å²) < 4.78 is 6.00. The van der Waals surface area contributed by atoms with Crippen molar-refractivity contribution in [2.75, 3.05) is 19.6 Å². The third kappa shape index (κ3) is 6.76. The topological polar surface area (TPSA) is 82.4 Å². The van der Waals surface area contributed by atoms with Crippen LogP contribution in [0.1, 0.15) is 64.9 Å². The molecule has 6 heteroatoms. The van der Waals surface area contributed by atoms with E-state index in [4.69, 9.17) is 4.74 Å². The van der Waals surface area contributed by atoms with E-state index in [1.807, 2.05) is 13.8 Å². The van der Waals surface area contributed by atoms with Gasteiger partial charge in [-0.05, 0) is 37.3 Å². The lowest BCUT2D eigenvalue weighted by Gasteiger charge is -2.35. The van der Waals surface area contributed by atoms with Gasteiger partial charge in [0.05, 0.1) is 11.5 Å². The summed E-state index contributed by atoms with van der Waals surface area (Å²) in [5, 5.41) is 12.3. The Morgan fingerprint density at radius 2 is 2.03 bits per heavy atom. The molecule has 0 aromatic heterocycles. The molecule has 1 aromatic rings. The van der Waals surface area contributed by atoms with Crippen LogP contribution >= 0.6 is 0 Å². The van der Waals surface area contributed by atoms with E-state index >= 15 is 0 Å². The maximum absolute atomic E-state index is 13.2. The van der Waals surface area contributed by atoms with Crippen molar-refractivity contribution in [3.8, 4) is 11.8 Å². The molecule has 2 atom stereocenters. The number of hydrogen-bond acceptors (Lipinski definition) is 4. The summed E-state index contributed by atoms with van der Waals surface area (Å²) in [5.41, 5.74) is 0.412. The summed E-state index contributed by atoms with van der Waals surface area (Å²) in [6, 6.07) is 9.07. The van der Waals surface area contributed by atoms with E-state index in [9.17, 15) is 14.9 Å². The van der Waals surface area contributed by atoms with Crippen LogP contribution in [0.15, 0.2) is 24.3 Å². The number of hydrogen-bond donors (Lipinski definition) is 1. The van der Waals surface area contributed by atoms with Crippen LogP contribution in [0, 0.1) is 23.2 Å². The van der Waals surface area contributed by atoms with E-state index in [0.29, 0.717) is 30.9 Å². The number of amides is 2. The zero-order valence-corrected chi connectivity index (χ0v) is 18.5. The number of carbonyl (C=O) groups is 2. The SMILES string of the molecule is CCCCCCNC(=O)C1CCCN(C(=O)C(Oc2ccccc2C#N)C(C)C)C1. The van der Waals surface area contributed by atoms with Crippen LogP contribution in [0.4, 0.5) is 0 Å². The fraction of sp³-hybridized carbons (Fsp3) is 0.625. The molecule has 1 saturated heterocycles. The zero-order chi connectivity index (χ0) is 21.9. The molecule has 0 radical (unpaired) electrons. The molecule has 0 spiro atoms. The van der Waals surface area contributed by atoms with Crippen molar-refractivity contribution in [1.82, 2.24) is 10.2 Å². The van der Waals surface area contributed by atoms with Gasteiger partial charge in [-0.15, -0.1) is 0 Å². The van der Waals surface area contributed by atoms with Crippen molar-refractivity contribution in [2.45, 2.75) is 65.4 Å². The molecule has 2 amide bonds. The quantitative estimate of drug-likeness (QED) is 0.590. The van der Waals surface area contributed by atoms with Crippen molar-refractivity contribution in [3.05, 3.63) is 29.8 Å². The maximum atomic E-state index is 13.2. The standard InChI is InChI=1S/C24H35N3O3/c1-4-5-6-9-14-26-23(28)20-12-10-15-27(17-20)24(29)22(18(2)3)30-21-13-8-7-11-19(21)16-25/h7-8,11,13,18,20,22H,4-6,9-10,12,14-15,17H2,1-3H3,(H,26,28). The van der Waals surface area contributed by atoms with E-state index in [1.165, 1.54) is 12.8 Å². The minimum atomic E-state index is -0.685. The lowest BCUT2D eigenvalue weighted by molar-refractivity contribution is -0.144. The molecular weight excluding hydrogens is 378 g/mol. The fourth-order valence-corrected chi connectivity index (χ4v) is 3.75. The van der Waals surface area contributed by atoms with Crippen LogP contribution in [-0.4, -0.2) is 42.5 Å². The number of ether oxygens (including phenoxy) is 1. The highest BCUT2D eigenvalue weighted by Gasteiger charge is 2.34. The largest absolute Gasteiger partial charge is 0.479 e. The Morgan fingerprint density at radius 1 is 1.27 bits per heavy atom. The van der Waals surface area contributed by atoms with E-state index in [0.717, 1.165) is 25.7 Å². The predicted molar refractivity (Wildman–Crippen MR) is 117 cm³/mol. The predicted octanol–water partition coefficient (Wildman–Crippen LogP) is 3.90. The van der Waals surface area contributed by atoms with Crippen molar-refractivity contribution < 1.29 is 14.3 Å². The molecule has 0 aliphatic carbocycles. The minimum Gasteiger partial charge on any atom is -0.479 e. The number of nitriles is 1. The zero-order valence-electron chi connectivity index (χ0n) is 18.5. The highest BCUT2D eigenvalue weighted by molar-refractivity contribution is 5.84. The molecule has 164 valence electrons. The van der Waals surface area contributed by atoms with Crippen LogP contribution in [0.2, 0.25) is 0 Å². The number of nitrogens with one attached hydrogen (secondary N) is 1. The minimum absolute atomic E-state index is 0.0424. The van der Waals surface area contributed by atoms with E-state index in [-0.39, 0.29) is 23.7 Å². The number of rotatable bonds is 10. The molecule has 0 bridgehead atoms. The van der Waals surface area contributed by atoms with Gasteiger partial charge in [0.15, 0.2) is 6.10 Å². The van der Waals surface area contributed by atoms with Gasteiger partial charge in [0.2, 0.25) is 5.91 Å². The maximum Gasteiger partial charge on any atom is 0.263 e. The first kappa shape index (κ1) is 23.7. The second-order valence-corrected chi connectivity index (χ2v) is 8.37. The lowest BCUT2D eigenvalue weighted by atomic mass is 9.95. The van der Waals surface area contributed by atoms with Crippen LogP contribution in [0.5, 0.6) is 5.75 Å². The molecule has 30 heavy (non-hydrogen) atoms. The third-order valence-electron chi connectivity index (χ3n) is 5.54. The van der Waals surface area contributed by atoms with Crippen molar-refractivity contribution in [2.24, 2.45) is 11.8 Å². The second-order valence-electron chi connectivity index (χ2n) is 8.37. The van der Waals surface area contributed by atoms with Gasteiger partial charge in [0.1, 0.15) is 11.8 Å². The molecular formula is C24H35N3O3. The molecule has 1 aliphatic heterocycles. The molecule has 1 aliphatic rings. The van der Waals surface area contributed by atoms with Crippen LogP contribution in [0.25, 0.3) is 0 Å². The van der Waals surface area contributed by atoms with Gasteiger partial charge in [0.25, 0.3) is 5.91 Å². The number of nitrogens with zero attached hydrogens (tertiary/aromatic N) is 2. The highest BCUT2D eigenvalue weighted by atomic mass is 16.5. The van der Waals surface area contributed by atoms with Gasteiger partial charge in [-0.25, -0.2) is 0 Å². The Bertz CT molecular complexity index is 741. The van der Waals surface area contributed by atoms with Gasteiger partial charge in [-0.1, -0.05) is 52.2 Å². The molecule has 1 heterocycles. The summed E-state index contributed by atoms with van der Waals surface area (Å²) in [6.07, 6.45) is 5.41. The Labute approximate surface area is 180 Å². The van der Waals surface area contributed by atoms with Crippen molar-refractivity contribution >= 4 is 11.8 Å². The average molecular weight is 414 g/mol. The summed E-state index contributed by atoms with van der Waals surface area (Å²) in [5.74, 6) is 0.120. The second kappa shape index (κ2) is 12.2. The lowest BCUT2D eigenvalue weighted by Crippen LogP contribution is -2.51. The number of para-hydroxylation sites is 1. The first-order valence-electron chi connectivity index (χ1n) is 11.2. The van der Waals surface area contributed by atoms with E-state index in [1.54, 1.807) is 29.2 Å². The normalized spacial score (nSPS) is 17.3. The molecule has 2 rings (SSSR count). The number of likely N-dealkylation sites (tertiary alicyclic amines) is 1. The number of carbonyl (C=O) groups excluding carboxylic acids is 2. The van der Waals surface area contributed by atoms with Gasteiger partial charge < -0.3 is 15.0 Å². The van der Waals surface area contributed by atoms with Crippen LogP contribution in [-0.2, 0) is 9.59 Å². The van der Waals surface area contributed by atoms with Gasteiger partial charge in [0, 0.05) is 19.6 Å². The number of benzene rings is 1. The fourth-order valence-electron chi connectivity index (χ4n) is 3.75. The van der Waals surface area contributed by atoms with Gasteiger partial charge >= 0.3 is 0 Å². The number of piperidine rings is 1.